The number of benzene rings is 1. The summed E-state index contributed by atoms with van der Waals surface area (Å²) in [6.45, 7) is 7.23. The number of methoxy groups -OCH3 is 1. The van der Waals surface area contributed by atoms with Crippen LogP contribution in [0.3, 0.4) is 0 Å². The third-order valence-corrected chi connectivity index (χ3v) is 3.25. The van der Waals surface area contributed by atoms with Crippen molar-refractivity contribution in [2.45, 2.75) is 33.7 Å². The maximum absolute atomic E-state index is 5.60. The first-order valence-electron chi connectivity index (χ1n) is 7.54. The number of nitrogens with one attached hydrogen (secondary N) is 1. The fourth-order valence-electron chi connectivity index (χ4n) is 2.19. The van der Waals surface area contributed by atoms with Crippen molar-refractivity contribution in [2.75, 3.05) is 19.0 Å². The Hall–Kier alpha value is -2.30. The molecule has 0 radical (unpaired) electrons. The molecule has 0 aliphatic carbocycles. The lowest BCUT2D eigenvalue weighted by Gasteiger charge is -2.12. The molecule has 0 saturated heterocycles. The SMILES string of the molecule is CCOc1cc(CNc2cc(CC)nc(C)n2)ccc1OC. The number of ether oxygens (including phenoxy) is 2. The van der Waals surface area contributed by atoms with Gasteiger partial charge in [-0.15, -0.1) is 0 Å². The Labute approximate surface area is 131 Å². The molecule has 2 aromatic rings. The average molecular weight is 301 g/mol. The second kappa shape index (κ2) is 7.64. The van der Waals surface area contributed by atoms with Crippen LogP contribution >= 0.6 is 0 Å². The lowest BCUT2D eigenvalue weighted by atomic mass is 10.2. The molecule has 22 heavy (non-hydrogen) atoms. The largest absolute Gasteiger partial charge is 0.493 e. The van der Waals surface area contributed by atoms with Gasteiger partial charge >= 0.3 is 0 Å². The fourth-order valence-corrected chi connectivity index (χ4v) is 2.19. The highest BCUT2D eigenvalue weighted by atomic mass is 16.5. The molecule has 1 N–H and O–H groups in total. The molecule has 2 rings (SSSR count). The Morgan fingerprint density at radius 1 is 1.09 bits per heavy atom. The van der Waals surface area contributed by atoms with Crippen molar-refractivity contribution >= 4 is 5.82 Å². The van der Waals surface area contributed by atoms with Crippen LogP contribution in [0, 0.1) is 6.92 Å². The van der Waals surface area contributed by atoms with Gasteiger partial charge in [-0.3, -0.25) is 0 Å². The molecule has 5 heteroatoms. The van der Waals surface area contributed by atoms with Crippen LogP contribution in [0.2, 0.25) is 0 Å². The highest BCUT2D eigenvalue weighted by Gasteiger charge is 2.06. The summed E-state index contributed by atoms with van der Waals surface area (Å²) < 4.78 is 10.9. The molecule has 0 atom stereocenters. The highest BCUT2D eigenvalue weighted by molar-refractivity contribution is 5.44. The predicted molar refractivity (Wildman–Crippen MR) is 87.6 cm³/mol. The maximum Gasteiger partial charge on any atom is 0.161 e. The molecular formula is C17H23N3O2. The zero-order valence-corrected chi connectivity index (χ0v) is 13.6. The molecule has 1 aromatic carbocycles. The third-order valence-electron chi connectivity index (χ3n) is 3.25. The summed E-state index contributed by atoms with van der Waals surface area (Å²) >= 11 is 0. The molecule has 0 amide bonds. The minimum atomic E-state index is 0.609. The van der Waals surface area contributed by atoms with Gasteiger partial charge in [0.15, 0.2) is 11.5 Å². The summed E-state index contributed by atoms with van der Waals surface area (Å²) in [6.07, 6.45) is 0.898. The van der Waals surface area contributed by atoms with Crippen molar-refractivity contribution in [1.82, 2.24) is 9.97 Å². The highest BCUT2D eigenvalue weighted by Crippen LogP contribution is 2.28. The molecule has 1 aromatic heterocycles. The second-order valence-electron chi connectivity index (χ2n) is 4.92. The van der Waals surface area contributed by atoms with Crippen molar-refractivity contribution in [3.8, 4) is 11.5 Å². The Morgan fingerprint density at radius 3 is 2.59 bits per heavy atom. The van der Waals surface area contributed by atoms with Gasteiger partial charge in [-0.2, -0.15) is 0 Å². The molecule has 1 heterocycles. The summed E-state index contributed by atoms with van der Waals surface area (Å²) in [7, 11) is 1.64. The Morgan fingerprint density at radius 2 is 1.91 bits per heavy atom. The zero-order valence-electron chi connectivity index (χ0n) is 13.6. The first-order chi connectivity index (χ1) is 10.7. The van der Waals surface area contributed by atoms with Crippen LogP contribution in [0.4, 0.5) is 5.82 Å². The van der Waals surface area contributed by atoms with E-state index in [2.05, 4.69) is 22.2 Å². The van der Waals surface area contributed by atoms with Gasteiger partial charge in [0.2, 0.25) is 0 Å². The van der Waals surface area contributed by atoms with Gasteiger partial charge in [-0.25, -0.2) is 9.97 Å². The van der Waals surface area contributed by atoms with Gasteiger partial charge in [0, 0.05) is 18.3 Å². The van der Waals surface area contributed by atoms with Gasteiger partial charge < -0.3 is 14.8 Å². The number of aryl methyl sites for hydroxylation is 2. The van der Waals surface area contributed by atoms with Gasteiger partial charge in [0.25, 0.3) is 0 Å². The molecule has 118 valence electrons. The van der Waals surface area contributed by atoms with Crippen molar-refractivity contribution < 1.29 is 9.47 Å². The second-order valence-corrected chi connectivity index (χ2v) is 4.92. The van der Waals surface area contributed by atoms with E-state index in [1.807, 2.05) is 38.1 Å². The predicted octanol–water partition coefficient (Wildman–Crippen LogP) is 3.37. The summed E-state index contributed by atoms with van der Waals surface area (Å²) in [5, 5.41) is 3.34. The lowest BCUT2D eigenvalue weighted by Crippen LogP contribution is -2.05. The van der Waals surface area contributed by atoms with E-state index in [4.69, 9.17) is 9.47 Å². The van der Waals surface area contributed by atoms with E-state index >= 15 is 0 Å². The van der Waals surface area contributed by atoms with E-state index in [1.165, 1.54) is 0 Å². The Kier molecular flexibility index (Phi) is 5.58. The summed E-state index contributed by atoms with van der Waals surface area (Å²) in [4.78, 5) is 8.79. The fraction of sp³-hybridized carbons (Fsp3) is 0.412. The van der Waals surface area contributed by atoms with Crippen LogP contribution in [-0.2, 0) is 13.0 Å². The standard InChI is InChI=1S/C17H23N3O2/c1-5-14-10-17(20-12(3)19-14)18-11-13-7-8-15(21-4)16(9-13)22-6-2/h7-10H,5-6,11H2,1-4H3,(H,18,19,20). The molecule has 0 unspecified atom stereocenters. The minimum absolute atomic E-state index is 0.609. The van der Waals surface area contributed by atoms with Gasteiger partial charge in [0.1, 0.15) is 11.6 Å². The molecule has 0 spiro atoms. The maximum atomic E-state index is 5.60. The van der Waals surface area contributed by atoms with E-state index in [9.17, 15) is 0 Å². The molecule has 0 fully saturated rings. The van der Waals surface area contributed by atoms with Crippen LogP contribution in [0.15, 0.2) is 24.3 Å². The van der Waals surface area contributed by atoms with Crippen LogP contribution < -0.4 is 14.8 Å². The number of nitrogens with zero attached hydrogens (tertiary/aromatic N) is 2. The number of rotatable bonds is 7. The number of anilines is 1. The van der Waals surface area contributed by atoms with Gasteiger partial charge in [-0.1, -0.05) is 13.0 Å². The summed E-state index contributed by atoms with van der Waals surface area (Å²) in [5.41, 5.74) is 2.15. The number of aromatic nitrogens is 2. The topological polar surface area (TPSA) is 56.3 Å². The summed E-state index contributed by atoms with van der Waals surface area (Å²) in [6, 6.07) is 7.91. The average Bonchev–Trinajstić information content (AvgIpc) is 2.53. The van der Waals surface area contributed by atoms with Crippen LogP contribution in [-0.4, -0.2) is 23.7 Å². The van der Waals surface area contributed by atoms with E-state index in [1.54, 1.807) is 7.11 Å². The first-order valence-corrected chi connectivity index (χ1v) is 7.54. The quantitative estimate of drug-likeness (QED) is 0.849. The van der Waals surface area contributed by atoms with Crippen LogP contribution in [0.25, 0.3) is 0 Å². The summed E-state index contributed by atoms with van der Waals surface area (Å²) in [5.74, 6) is 3.14. The third kappa shape index (κ3) is 4.10. The van der Waals surface area contributed by atoms with E-state index in [-0.39, 0.29) is 0 Å². The Balaban J connectivity index is 2.11. The van der Waals surface area contributed by atoms with E-state index in [0.29, 0.717) is 13.2 Å². The number of hydrogen-bond acceptors (Lipinski definition) is 5. The van der Waals surface area contributed by atoms with Crippen molar-refractivity contribution in [3.05, 3.63) is 41.3 Å². The van der Waals surface area contributed by atoms with Crippen molar-refractivity contribution in [2.24, 2.45) is 0 Å². The van der Waals surface area contributed by atoms with Crippen molar-refractivity contribution in [3.63, 3.8) is 0 Å². The lowest BCUT2D eigenvalue weighted by molar-refractivity contribution is 0.310. The zero-order chi connectivity index (χ0) is 15.9. The minimum Gasteiger partial charge on any atom is -0.493 e. The van der Waals surface area contributed by atoms with E-state index < -0.39 is 0 Å². The van der Waals surface area contributed by atoms with E-state index in [0.717, 1.165) is 40.8 Å². The molecule has 0 bridgehead atoms. The van der Waals surface area contributed by atoms with Crippen LogP contribution in [0.1, 0.15) is 30.9 Å². The van der Waals surface area contributed by atoms with Gasteiger partial charge in [0.05, 0.1) is 13.7 Å². The number of hydrogen-bond donors (Lipinski definition) is 1. The molecular weight excluding hydrogens is 278 g/mol. The molecule has 0 aliphatic heterocycles. The van der Waals surface area contributed by atoms with Crippen LogP contribution in [0.5, 0.6) is 11.5 Å². The Bertz CT molecular complexity index is 629. The molecule has 5 nitrogen and oxygen atoms in total. The normalized spacial score (nSPS) is 10.4. The monoisotopic (exact) mass is 301 g/mol. The smallest absolute Gasteiger partial charge is 0.161 e. The molecule has 0 aliphatic rings. The van der Waals surface area contributed by atoms with Gasteiger partial charge in [-0.05, 0) is 38.0 Å². The molecule has 0 saturated carbocycles. The van der Waals surface area contributed by atoms with Crippen molar-refractivity contribution in [1.29, 1.82) is 0 Å². The first kappa shape index (κ1) is 16.1.